The largest absolute Gasteiger partial charge is 0.280 e. The fourth-order valence-corrected chi connectivity index (χ4v) is 5.25. The lowest BCUT2D eigenvalue weighted by Gasteiger charge is -2.23. The van der Waals surface area contributed by atoms with Gasteiger partial charge < -0.3 is 0 Å². The van der Waals surface area contributed by atoms with Gasteiger partial charge in [0.2, 0.25) is 5.91 Å². The van der Waals surface area contributed by atoms with Crippen LogP contribution < -0.4 is 4.90 Å². The highest BCUT2D eigenvalue weighted by Gasteiger charge is 2.21. The number of carbonyl (C=O) groups is 1. The summed E-state index contributed by atoms with van der Waals surface area (Å²) in [7, 11) is 0. The molecule has 0 aliphatic heterocycles. The Kier molecular flexibility index (Phi) is 8.29. The van der Waals surface area contributed by atoms with E-state index in [9.17, 15) is 10.1 Å². The van der Waals surface area contributed by atoms with Crippen LogP contribution in [0.1, 0.15) is 5.56 Å². The number of thioether (sulfide) groups is 1. The quantitative estimate of drug-likeness (QED) is 0.185. The molecular weight excluding hydrogens is 545 g/mol. The van der Waals surface area contributed by atoms with Gasteiger partial charge in [0.25, 0.3) is 0 Å². The number of nitriles is 1. The van der Waals surface area contributed by atoms with Gasteiger partial charge in [0.1, 0.15) is 11.1 Å². The molecule has 0 saturated heterocycles. The van der Waals surface area contributed by atoms with E-state index >= 15 is 0 Å². The Labute approximate surface area is 241 Å². The zero-order valence-electron chi connectivity index (χ0n) is 20.6. The van der Waals surface area contributed by atoms with Crippen LogP contribution in [-0.4, -0.2) is 16.6 Å². The first-order chi connectivity index (χ1) is 19.0. The standard InChI is InChI=1S/C32H21Cl2N3OS/c33-24-15-11-22(12-16-24)28-19-30(23-13-17-25(34)18-14-23)36-32(29(28)20-35)39-21-31(38)37(26-7-3-1-4-8-26)27-9-5-2-6-10-27/h1-19H,21H2. The van der Waals surface area contributed by atoms with Crippen molar-refractivity contribution in [2.24, 2.45) is 0 Å². The minimum absolute atomic E-state index is 0.0790. The number of para-hydroxylation sites is 2. The number of anilines is 2. The molecule has 0 saturated carbocycles. The number of benzene rings is 4. The molecule has 1 heterocycles. The van der Waals surface area contributed by atoms with Crippen molar-refractivity contribution in [3.8, 4) is 28.5 Å². The van der Waals surface area contributed by atoms with E-state index in [1.807, 2.05) is 91.0 Å². The number of carbonyl (C=O) groups excluding carboxylic acids is 1. The van der Waals surface area contributed by atoms with Crippen molar-refractivity contribution < 1.29 is 4.79 Å². The van der Waals surface area contributed by atoms with Gasteiger partial charge in [-0.05, 0) is 60.2 Å². The summed E-state index contributed by atoms with van der Waals surface area (Å²) in [5.74, 6) is -0.0525. The molecule has 0 atom stereocenters. The van der Waals surface area contributed by atoms with Crippen molar-refractivity contribution in [2.45, 2.75) is 5.03 Å². The Morgan fingerprint density at radius 3 is 1.79 bits per heavy atom. The Morgan fingerprint density at radius 1 is 0.769 bits per heavy atom. The predicted octanol–water partition coefficient (Wildman–Crippen LogP) is 9.05. The van der Waals surface area contributed by atoms with Crippen LogP contribution in [0.5, 0.6) is 0 Å². The van der Waals surface area contributed by atoms with E-state index in [1.165, 1.54) is 11.8 Å². The van der Waals surface area contributed by atoms with Crippen LogP contribution in [0.2, 0.25) is 10.0 Å². The maximum absolute atomic E-state index is 13.7. The summed E-state index contributed by atoms with van der Waals surface area (Å²) in [6, 6.07) is 37.9. The third kappa shape index (κ3) is 6.16. The summed E-state index contributed by atoms with van der Waals surface area (Å²) in [6.45, 7) is 0. The van der Waals surface area contributed by atoms with Gasteiger partial charge >= 0.3 is 0 Å². The Bertz CT molecular complexity index is 1600. The second-order valence-corrected chi connectivity index (χ2v) is 10.4. The highest BCUT2D eigenvalue weighted by Crippen LogP contribution is 2.36. The molecule has 0 N–H and O–H groups in total. The lowest BCUT2D eigenvalue weighted by molar-refractivity contribution is -0.115. The fourth-order valence-electron chi connectivity index (χ4n) is 4.15. The number of halogens is 2. The monoisotopic (exact) mass is 565 g/mol. The molecule has 0 radical (unpaired) electrons. The molecule has 1 aromatic heterocycles. The van der Waals surface area contributed by atoms with E-state index in [-0.39, 0.29) is 11.7 Å². The van der Waals surface area contributed by atoms with Crippen LogP contribution >= 0.6 is 35.0 Å². The smallest absolute Gasteiger partial charge is 0.241 e. The molecule has 4 nitrogen and oxygen atoms in total. The number of hydrogen-bond acceptors (Lipinski definition) is 4. The summed E-state index contributed by atoms with van der Waals surface area (Å²) in [6.07, 6.45) is 0. The van der Waals surface area contributed by atoms with E-state index in [1.54, 1.807) is 29.2 Å². The number of pyridine rings is 1. The fraction of sp³-hybridized carbons (Fsp3) is 0.0312. The third-order valence-electron chi connectivity index (χ3n) is 6.00. The molecule has 190 valence electrons. The first-order valence-electron chi connectivity index (χ1n) is 12.1. The summed E-state index contributed by atoms with van der Waals surface area (Å²) >= 11 is 13.5. The lowest BCUT2D eigenvalue weighted by Crippen LogP contribution is -2.27. The molecule has 4 aromatic carbocycles. The second-order valence-electron chi connectivity index (χ2n) is 8.55. The average Bonchev–Trinajstić information content (AvgIpc) is 2.97. The van der Waals surface area contributed by atoms with Crippen LogP contribution in [0.15, 0.2) is 120 Å². The van der Waals surface area contributed by atoms with Crippen molar-refractivity contribution in [1.82, 2.24) is 4.98 Å². The molecule has 0 unspecified atom stereocenters. The number of aromatic nitrogens is 1. The number of amides is 1. The molecule has 0 fully saturated rings. The Balaban J connectivity index is 1.54. The molecule has 7 heteroatoms. The van der Waals surface area contributed by atoms with Crippen molar-refractivity contribution in [3.63, 3.8) is 0 Å². The van der Waals surface area contributed by atoms with Crippen molar-refractivity contribution in [3.05, 3.63) is 131 Å². The summed E-state index contributed by atoms with van der Waals surface area (Å²) in [5.41, 5.74) is 5.00. The van der Waals surface area contributed by atoms with Crippen LogP contribution in [0.3, 0.4) is 0 Å². The molecule has 5 rings (SSSR count). The molecule has 0 spiro atoms. The van der Waals surface area contributed by atoms with Crippen LogP contribution in [-0.2, 0) is 4.79 Å². The van der Waals surface area contributed by atoms with Crippen LogP contribution in [0.4, 0.5) is 11.4 Å². The zero-order valence-corrected chi connectivity index (χ0v) is 22.9. The first-order valence-corrected chi connectivity index (χ1v) is 13.8. The average molecular weight is 567 g/mol. The van der Waals surface area contributed by atoms with Crippen molar-refractivity contribution in [2.75, 3.05) is 10.7 Å². The third-order valence-corrected chi connectivity index (χ3v) is 7.47. The van der Waals surface area contributed by atoms with Gasteiger partial charge in [0, 0.05) is 32.5 Å². The van der Waals surface area contributed by atoms with E-state index in [4.69, 9.17) is 28.2 Å². The van der Waals surface area contributed by atoms with Crippen LogP contribution in [0.25, 0.3) is 22.4 Å². The zero-order chi connectivity index (χ0) is 27.2. The van der Waals surface area contributed by atoms with Gasteiger partial charge in [-0.15, -0.1) is 0 Å². The molecule has 0 aliphatic carbocycles. The minimum Gasteiger partial charge on any atom is -0.280 e. The lowest BCUT2D eigenvalue weighted by atomic mass is 9.99. The summed E-state index contributed by atoms with van der Waals surface area (Å²) in [4.78, 5) is 20.2. The second kappa shape index (κ2) is 12.2. The van der Waals surface area contributed by atoms with Crippen molar-refractivity contribution >= 4 is 52.2 Å². The van der Waals surface area contributed by atoms with Gasteiger partial charge in [-0.2, -0.15) is 5.26 Å². The highest BCUT2D eigenvalue weighted by molar-refractivity contribution is 8.00. The molecule has 0 bridgehead atoms. The predicted molar refractivity (Wildman–Crippen MR) is 161 cm³/mol. The van der Waals surface area contributed by atoms with E-state index < -0.39 is 0 Å². The summed E-state index contributed by atoms with van der Waals surface area (Å²) < 4.78 is 0. The number of hydrogen-bond donors (Lipinski definition) is 0. The molecular formula is C32H21Cl2N3OS. The Morgan fingerprint density at radius 2 is 1.28 bits per heavy atom. The van der Waals surface area contributed by atoms with Gasteiger partial charge in [-0.25, -0.2) is 4.98 Å². The molecule has 39 heavy (non-hydrogen) atoms. The highest BCUT2D eigenvalue weighted by atomic mass is 35.5. The molecule has 0 aliphatic rings. The summed E-state index contributed by atoms with van der Waals surface area (Å²) in [5, 5.41) is 11.9. The first kappa shape index (κ1) is 26.5. The van der Waals surface area contributed by atoms with E-state index in [2.05, 4.69) is 6.07 Å². The molecule has 1 amide bonds. The number of rotatable bonds is 7. The van der Waals surface area contributed by atoms with Gasteiger partial charge in [-0.3, -0.25) is 9.69 Å². The number of nitrogens with zero attached hydrogens (tertiary/aromatic N) is 3. The van der Waals surface area contributed by atoms with Gasteiger partial charge in [0.05, 0.1) is 17.0 Å². The van der Waals surface area contributed by atoms with Crippen LogP contribution in [0, 0.1) is 11.3 Å². The van der Waals surface area contributed by atoms with Gasteiger partial charge in [0.15, 0.2) is 0 Å². The minimum atomic E-state index is -0.131. The Hall–Kier alpha value is -4.08. The van der Waals surface area contributed by atoms with E-state index in [0.29, 0.717) is 31.9 Å². The normalized spacial score (nSPS) is 10.6. The SMILES string of the molecule is N#Cc1c(-c2ccc(Cl)cc2)cc(-c2ccc(Cl)cc2)nc1SCC(=O)N(c1ccccc1)c1ccccc1. The van der Waals surface area contributed by atoms with Gasteiger partial charge in [-0.1, -0.05) is 95.6 Å². The van der Waals surface area contributed by atoms with Crippen molar-refractivity contribution in [1.29, 1.82) is 5.26 Å². The maximum Gasteiger partial charge on any atom is 0.241 e. The topological polar surface area (TPSA) is 57.0 Å². The van der Waals surface area contributed by atoms with E-state index in [0.717, 1.165) is 22.5 Å². The molecule has 5 aromatic rings. The maximum atomic E-state index is 13.7.